The van der Waals surface area contributed by atoms with Gasteiger partial charge in [-0.25, -0.2) is 4.98 Å². The Balaban J connectivity index is 1.92. The Morgan fingerprint density at radius 2 is 1.96 bits per heavy atom. The third-order valence-corrected chi connectivity index (χ3v) is 4.81. The Morgan fingerprint density at radius 1 is 1.17 bits per heavy atom. The van der Waals surface area contributed by atoms with Crippen molar-refractivity contribution in [2.45, 2.75) is 6.92 Å². The van der Waals surface area contributed by atoms with Gasteiger partial charge < -0.3 is 14.7 Å². The maximum Gasteiger partial charge on any atom is 0.161 e. The van der Waals surface area contributed by atoms with Gasteiger partial charge in [-0.1, -0.05) is 12.1 Å². The lowest BCUT2D eigenvalue weighted by Crippen LogP contribution is -2.09. The van der Waals surface area contributed by atoms with Crippen LogP contribution in [0.4, 0.5) is 5.69 Å². The first-order valence-corrected chi connectivity index (χ1v) is 8.43. The minimum absolute atomic E-state index is 0.140. The number of ether oxygens (including phenoxy) is 1. The van der Waals surface area contributed by atoms with Gasteiger partial charge >= 0.3 is 0 Å². The van der Waals surface area contributed by atoms with Crippen molar-refractivity contribution in [3.05, 3.63) is 46.5 Å². The summed E-state index contributed by atoms with van der Waals surface area (Å²) in [6.45, 7) is 2.10. The predicted octanol–water partition coefficient (Wildman–Crippen LogP) is 4.56. The quantitative estimate of drug-likeness (QED) is 0.756. The highest BCUT2D eigenvalue weighted by Crippen LogP contribution is 2.31. The van der Waals surface area contributed by atoms with E-state index in [2.05, 4.69) is 28.9 Å². The Hall–Kier alpha value is -2.53. The topological polar surface area (TPSA) is 45.6 Å². The molecule has 0 atom stereocenters. The van der Waals surface area contributed by atoms with Crippen LogP contribution in [0.1, 0.15) is 16.1 Å². The van der Waals surface area contributed by atoms with Gasteiger partial charge in [0.05, 0.1) is 17.3 Å². The lowest BCUT2D eigenvalue weighted by Gasteiger charge is -2.15. The van der Waals surface area contributed by atoms with Crippen LogP contribution in [-0.2, 0) is 0 Å². The van der Waals surface area contributed by atoms with E-state index < -0.39 is 0 Å². The zero-order valence-corrected chi connectivity index (χ0v) is 15.0. The van der Waals surface area contributed by atoms with Gasteiger partial charge in [-0.3, -0.25) is 0 Å². The molecule has 0 unspecified atom stereocenters. The molecule has 2 aromatic carbocycles. The first-order chi connectivity index (χ1) is 11.5. The molecule has 0 saturated carbocycles. The summed E-state index contributed by atoms with van der Waals surface area (Å²) in [5, 5.41) is 10.6. The summed E-state index contributed by atoms with van der Waals surface area (Å²) in [6, 6.07) is 9.58. The molecule has 1 heterocycles. The van der Waals surface area contributed by atoms with Gasteiger partial charge in [-0.2, -0.15) is 0 Å². The average Bonchev–Trinajstić information content (AvgIpc) is 2.94. The number of aromatic nitrogens is 1. The molecule has 24 heavy (non-hydrogen) atoms. The van der Waals surface area contributed by atoms with Crippen LogP contribution in [0, 0.1) is 6.92 Å². The monoisotopic (exact) mass is 340 g/mol. The summed E-state index contributed by atoms with van der Waals surface area (Å²) in [5.41, 5.74) is 4.40. The maximum absolute atomic E-state index is 9.65. The molecule has 3 rings (SSSR count). The van der Waals surface area contributed by atoms with Gasteiger partial charge in [0.2, 0.25) is 0 Å². The third-order valence-electron chi connectivity index (χ3n) is 3.83. The number of hydrogen-bond acceptors (Lipinski definition) is 5. The SMILES string of the molecule is COc1cc(C=Cc2nc3cc(C)c(N(C)C)cc3s2)ccc1O. The van der Waals surface area contributed by atoms with E-state index >= 15 is 0 Å². The predicted molar refractivity (Wildman–Crippen MR) is 102 cm³/mol. The summed E-state index contributed by atoms with van der Waals surface area (Å²) in [5.74, 6) is 0.606. The van der Waals surface area contributed by atoms with Crippen LogP contribution in [0.15, 0.2) is 30.3 Å². The highest BCUT2D eigenvalue weighted by atomic mass is 32.1. The van der Waals surface area contributed by atoms with Gasteiger partial charge in [0.1, 0.15) is 5.01 Å². The molecule has 0 aliphatic carbocycles. The number of rotatable bonds is 4. The van der Waals surface area contributed by atoms with Crippen molar-refractivity contribution in [1.29, 1.82) is 0 Å². The second-order valence-corrected chi connectivity index (χ2v) is 6.88. The van der Waals surface area contributed by atoms with E-state index in [1.807, 2.05) is 32.3 Å². The second kappa shape index (κ2) is 6.53. The number of phenols is 1. The molecule has 0 aliphatic heterocycles. The fraction of sp³-hybridized carbons (Fsp3) is 0.211. The van der Waals surface area contributed by atoms with Crippen LogP contribution in [0.25, 0.3) is 22.4 Å². The zero-order chi connectivity index (χ0) is 17.3. The number of thiazole rings is 1. The Kier molecular flexibility index (Phi) is 4.44. The molecule has 0 bridgehead atoms. The highest BCUT2D eigenvalue weighted by molar-refractivity contribution is 7.19. The number of aromatic hydroxyl groups is 1. The van der Waals surface area contributed by atoms with E-state index in [4.69, 9.17) is 4.74 Å². The fourth-order valence-electron chi connectivity index (χ4n) is 2.60. The standard InChI is InChI=1S/C19H20N2O2S/c1-12-9-14-18(11-15(12)21(2)3)24-19(20-14)8-6-13-5-7-16(22)17(10-13)23-4/h5-11,22H,1-4H3. The van der Waals surface area contributed by atoms with E-state index in [1.54, 1.807) is 30.6 Å². The Bertz CT molecular complexity index is 913. The van der Waals surface area contributed by atoms with E-state index in [0.29, 0.717) is 5.75 Å². The van der Waals surface area contributed by atoms with E-state index in [-0.39, 0.29) is 5.75 Å². The van der Waals surface area contributed by atoms with Crippen molar-refractivity contribution in [3.8, 4) is 11.5 Å². The summed E-state index contributed by atoms with van der Waals surface area (Å²) in [6.07, 6.45) is 3.96. The molecule has 0 radical (unpaired) electrons. The van der Waals surface area contributed by atoms with Crippen LogP contribution in [0.5, 0.6) is 11.5 Å². The van der Waals surface area contributed by atoms with Crippen LogP contribution < -0.4 is 9.64 Å². The van der Waals surface area contributed by atoms with Gasteiger partial charge in [-0.05, 0) is 48.4 Å². The minimum atomic E-state index is 0.140. The van der Waals surface area contributed by atoms with Crippen molar-refractivity contribution in [2.24, 2.45) is 0 Å². The number of fused-ring (bicyclic) bond motifs is 1. The molecule has 124 valence electrons. The van der Waals surface area contributed by atoms with Crippen molar-refractivity contribution in [2.75, 3.05) is 26.1 Å². The fourth-order valence-corrected chi connectivity index (χ4v) is 3.49. The zero-order valence-electron chi connectivity index (χ0n) is 14.2. The lowest BCUT2D eigenvalue weighted by atomic mass is 10.2. The lowest BCUT2D eigenvalue weighted by molar-refractivity contribution is 0.373. The molecule has 0 aliphatic rings. The van der Waals surface area contributed by atoms with Crippen LogP contribution in [-0.4, -0.2) is 31.3 Å². The van der Waals surface area contributed by atoms with Crippen molar-refractivity contribution in [3.63, 3.8) is 0 Å². The van der Waals surface area contributed by atoms with Crippen LogP contribution in [0.3, 0.4) is 0 Å². The highest BCUT2D eigenvalue weighted by Gasteiger charge is 2.07. The first kappa shape index (κ1) is 16.3. The number of methoxy groups -OCH3 is 1. The number of benzene rings is 2. The molecular weight excluding hydrogens is 320 g/mol. The number of hydrogen-bond donors (Lipinski definition) is 1. The largest absolute Gasteiger partial charge is 0.504 e. The molecule has 3 aromatic rings. The summed E-state index contributed by atoms with van der Waals surface area (Å²) >= 11 is 1.66. The third kappa shape index (κ3) is 3.21. The molecule has 0 amide bonds. The van der Waals surface area contributed by atoms with Crippen molar-refractivity contribution < 1.29 is 9.84 Å². The van der Waals surface area contributed by atoms with Gasteiger partial charge in [0.15, 0.2) is 11.5 Å². The van der Waals surface area contributed by atoms with Crippen molar-refractivity contribution >= 4 is 39.4 Å². The van der Waals surface area contributed by atoms with E-state index in [9.17, 15) is 5.11 Å². The van der Waals surface area contributed by atoms with Gasteiger partial charge in [-0.15, -0.1) is 11.3 Å². The summed E-state index contributed by atoms with van der Waals surface area (Å²) in [4.78, 5) is 6.80. The molecular formula is C19H20N2O2S. The number of nitrogens with zero attached hydrogens (tertiary/aromatic N) is 2. The van der Waals surface area contributed by atoms with Gasteiger partial charge in [0.25, 0.3) is 0 Å². The summed E-state index contributed by atoms with van der Waals surface area (Å²) < 4.78 is 6.31. The Labute approximate surface area is 145 Å². The van der Waals surface area contributed by atoms with Crippen molar-refractivity contribution in [1.82, 2.24) is 4.98 Å². The molecule has 0 spiro atoms. The van der Waals surface area contributed by atoms with Gasteiger partial charge in [0, 0.05) is 19.8 Å². The first-order valence-electron chi connectivity index (χ1n) is 7.61. The smallest absolute Gasteiger partial charge is 0.161 e. The average molecular weight is 340 g/mol. The second-order valence-electron chi connectivity index (χ2n) is 5.82. The molecule has 4 nitrogen and oxygen atoms in total. The molecule has 0 saturated heterocycles. The molecule has 0 fully saturated rings. The normalized spacial score (nSPS) is 11.3. The molecule has 1 aromatic heterocycles. The number of aryl methyl sites for hydroxylation is 1. The van der Waals surface area contributed by atoms with E-state index in [0.717, 1.165) is 16.1 Å². The molecule has 1 N–H and O–H groups in total. The van der Waals surface area contributed by atoms with Crippen LogP contribution >= 0.6 is 11.3 Å². The number of anilines is 1. The Morgan fingerprint density at radius 3 is 2.67 bits per heavy atom. The number of phenolic OH excluding ortho intramolecular Hbond substituents is 1. The minimum Gasteiger partial charge on any atom is -0.504 e. The maximum atomic E-state index is 9.65. The molecule has 5 heteroatoms. The van der Waals surface area contributed by atoms with E-state index in [1.165, 1.54) is 16.0 Å². The van der Waals surface area contributed by atoms with Crippen LogP contribution in [0.2, 0.25) is 0 Å². The summed E-state index contributed by atoms with van der Waals surface area (Å²) in [7, 11) is 5.64.